The molecule has 7 heteroatoms. The van der Waals surface area contributed by atoms with Gasteiger partial charge in [-0.2, -0.15) is 0 Å². The Balaban J connectivity index is 1.82. The zero-order valence-electron chi connectivity index (χ0n) is 16.7. The van der Waals surface area contributed by atoms with Gasteiger partial charge in [-0.3, -0.25) is 4.90 Å². The zero-order chi connectivity index (χ0) is 18.9. The maximum atomic E-state index is 12.6. The smallest absolute Gasteiger partial charge is 0.317 e. The minimum Gasteiger partial charge on any atom is -0.337 e. The Hall–Kier alpha value is -1.89. The lowest BCUT2D eigenvalue weighted by atomic mass is 10.0. The largest absolute Gasteiger partial charge is 0.337 e. The second kappa shape index (κ2) is 10.3. The summed E-state index contributed by atoms with van der Waals surface area (Å²) in [4.78, 5) is 27.6. The van der Waals surface area contributed by atoms with E-state index in [4.69, 9.17) is 0 Å². The highest BCUT2D eigenvalue weighted by Crippen LogP contribution is 2.12. The van der Waals surface area contributed by atoms with E-state index in [-0.39, 0.29) is 6.03 Å². The third kappa shape index (κ3) is 5.83. The van der Waals surface area contributed by atoms with Crippen molar-refractivity contribution >= 4 is 12.0 Å². The number of hydrogen-bond acceptors (Lipinski definition) is 5. The summed E-state index contributed by atoms with van der Waals surface area (Å²) in [5.74, 6) is 1.36. The van der Waals surface area contributed by atoms with Gasteiger partial charge in [0.2, 0.25) is 5.95 Å². The summed E-state index contributed by atoms with van der Waals surface area (Å²) >= 11 is 0. The van der Waals surface area contributed by atoms with Gasteiger partial charge in [-0.1, -0.05) is 27.7 Å². The first-order chi connectivity index (χ1) is 12.5. The van der Waals surface area contributed by atoms with E-state index in [1.165, 1.54) is 0 Å². The maximum absolute atomic E-state index is 12.6. The molecule has 2 rings (SSSR count). The predicted octanol–water partition coefficient (Wildman–Crippen LogP) is 2.06. The highest BCUT2D eigenvalue weighted by Gasteiger charge is 2.24. The van der Waals surface area contributed by atoms with Crippen LogP contribution in [-0.4, -0.2) is 77.7 Å². The van der Waals surface area contributed by atoms with Crippen LogP contribution in [-0.2, 0) is 0 Å². The van der Waals surface area contributed by atoms with Crippen LogP contribution in [0.1, 0.15) is 34.1 Å². The Morgan fingerprint density at radius 1 is 1.15 bits per heavy atom. The van der Waals surface area contributed by atoms with Crippen molar-refractivity contribution in [2.24, 2.45) is 5.92 Å². The second-order valence-electron chi connectivity index (χ2n) is 7.21. The highest BCUT2D eigenvalue weighted by atomic mass is 16.2. The number of anilines is 1. The molecule has 1 aromatic heterocycles. The average molecular weight is 363 g/mol. The second-order valence-corrected chi connectivity index (χ2v) is 7.21. The Morgan fingerprint density at radius 3 is 2.31 bits per heavy atom. The number of amides is 2. The molecule has 1 atom stereocenters. The number of urea groups is 1. The lowest BCUT2D eigenvalue weighted by molar-refractivity contribution is 0.169. The molecule has 0 radical (unpaired) electrons. The molecule has 1 saturated heterocycles. The predicted molar refractivity (Wildman–Crippen MR) is 105 cm³/mol. The summed E-state index contributed by atoms with van der Waals surface area (Å²) in [5, 5.41) is 3.16. The molecule has 1 N–H and O–H groups in total. The summed E-state index contributed by atoms with van der Waals surface area (Å²) in [5.41, 5.74) is 0. The summed E-state index contributed by atoms with van der Waals surface area (Å²) in [6.45, 7) is 14.5. The van der Waals surface area contributed by atoms with Crippen molar-refractivity contribution in [2.75, 3.05) is 50.7 Å². The van der Waals surface area contributed by atoms with Crippen LogP contribution >= 0.6 is 0 Å². The molecule has 1 fully saturated rings. The summed E-state index contributed by atoms with van der Waals surface area (Å²) in [7, 11) is 0. The number of carbonyl (C=O) groups is 1. The number of hydrogen-bond donors (Lipinski definition) is 1. The van der Waals surface area contributed by atoms with Gasteiger partial charge in [0.15, 0.2) is 0 Å². The first-order valence-corrected chi connectivity index (χ1v) is 9.83. The molecule has 2 heterocycles. The molecular formula is C19H34N6O. The molecule has 146 valence electrons. The molecule has 26 heavy (non-hydrogen) atoms. The van der Waals surface area contributed by atoms with Gasteiger partial charge in [0, 0.05) is 51.2 Å². The van der Waals surface area contributed by atoms with Gasteiger partial charge in [-0.05, 0) is 31.5 Å². The van der Waals surface area contributed by atoms with Crippen molar-refractivity contribution in [3.8, 4) is 0 Å². The lowest BCUT2D eigenvalue weighted by Gasteiger charge is -2.36. The van der Waals surface area contributed by atoms with E-state index in [1.807, 2.05) is 11.0 Å². The van der Waals surface area contributed by atoms with Gasteiger partial charge >= 0.3 is 6.03 Å². The van der Waals surface area contributed by atoms with Crippen LogP contribution in [0.25, 0.3) is 0 Å². The van der Waals surface area contributed by atoms with E-state index in [0.717, 1.165) is 38.5 Å². The summed E-state index contributed by atoms with van der Waals surface area (Å²) in [6.07, 6.45) is 4.61. The molecule has 0 spiro atoms. The monoisotopic (exact) mass is 362 g/mol. The number of piperazine rings is 1. The molecule has 1 unspecified atom stereocenters. The first kappa shape index (κ1) is 20.4. The zero-order valence-corrected chi connectivity index (χ0v) is 16.7. The fourth-order valence-corrected chi connectivity index (χ4v) is 3.53. The topological polar surface area (TPSA) is 64.6 Å². The van der Waals surface area contributed by atoms with Crippen LogP contribution in [0, 0.1) is 5.92 Å². The summed E-state index contributed by atoms with van der Waals surface area (Å²) in [6, 6.07) is 2.25. The van der Waals surface area contributed by atoms with E-state index >= 15 is 0 Å². The van der Waals surface area contributed by atoms with Crippen LogP contribution < -0.4 is 10.2 Å². The Labute approximate surface area is 157 Å². The van der Waals surface area contributed by atoms with Crippen molar-refractivity contribution in [2.45, 2.75) is 40.2 Å². The third-order valence-electron chi connectivity index (χ3n) is 4.96. The van der Waals surface area contributed by atoms with Gasteiger partial charge in [0.1, 0.15) is 0 Å². The minimum absolute atomic E-state index is 0.0412. The average Bonchev–Trinajstić information content (AvgIpc) is 2.67. The quantitative estimate of drug-likeness (QED) is 0.767. The third-order valence-corrected chi connectivity index (χ3v) is 4.96. The number of rotatable bonds is 8. The number of likely N-dealkylation sites (N-methyl/N-ethyl adjacent to an activating group) is 1. The normalized spacial score (nSPS) is 16.2. The van der Waals surface area contributed by atoms with Crippen LogP contribution in [0.15, 0.2) is 18.5 Å². The number of nitrogens with zero attached hydrogens (tertiary/aromatic N) is 5. The Morgan fingerprint density at radius 2 is 1.77 bits per heavy atom. The van der Waals surface area contributed by atoms with Crippen LogP contribution in [0.4, 0.5) is 10.7 Å². The van der Waals surface area contributed by atoms with Crippen molar-refractivity contribution in [3.05, 3.63) is 18.5 Å². The van der Waals surface area contributed by atoms with E-state index in [1.54, 1.807) is 12.4 Å². The molecule has 1 aromatic rings. The maximum Gasteiger partial charge on any atom is 0.317 e. The number of aromatic nitrogens is 2. The first-order valence-electron chi connectivity index (χ1n) is 9.83. The standard InChI is InChI=1S/C19H34N6O/c1-5-23(6-2)17(14-16(3)4)15-22-19(26)25-12-10-24(11-13-25)18-20-8-7-9-21-18/h7-9,16-17H,5-6,10-15H2,1-4H3,(H,22,26). The van der Waals surface area contributed by atoms with E-state index < -0.39 is 0 Å². The van der Waals surface area contributed by atoms with Crippen molar-refractivity contribution < 1.29 is 4.79 Å². The minimum atomic E-state index is 0.0412. The van der Waals surface area contributed by atoms with Gasteiger partial charge < -0.3 is 15.1 Å². The van der Waals surface area contributed by atoms with Gasteiger partial charge in [-0.25, -0.2) is 14.8 Å². The SMILES string of the molecule is CCN(CC)C(CNC(=O)N1CCN(c2ncccn2)CC1)CC(C)C. The molecule has 1 aliphatic rings. The molecular weight excluding hydrogens is 328 g/mol. The van der Waals surface area contributed by atoms with Crippen molar-refractivity contribution in [3.63, 3.8) is 0 Å². The van der Waals surface area contributed by atoms with E-state index in [0.29, 0.717) is 31.6 Å². The molecule has 7 nitrogen and oxygen atoms in total. The van der Waals surface area contributed by atoms with Gasteiger partial charge in [-0.15, -0.1) is 0 Å². The molecule has 0 aromatic carbocycles. The summed E-state index contributed by atoms with van der Waals surface area (Å²) < 4.78 is 0. The van der Waals surface area contributed by atoms with Gasteiger partial charge in [0.25, 0.3) is 0 Å². The van der Waals surface area contributed by atoms with Crippen LogP contribution in [0.3, 0.4) is 0 Å². The molecule has 1 aliphatic heterocycles. The molecule has 0 bridgehead atoms. The Bertz CT molecular complexity index is 526. The fourth-order valence-electron chi connectivity index (χ4n) is 3.53. The van der Waals surface area contributed by atoms with Gasteiger partial charge in [0.05, 0.1) is 0 Å². The van der Waals surface area contributed by atoms with E-state index in [9.17, 15) is 4.79 Å². The molecule has 0 aliphatic carbocycles. The number of nitrogens with one attached hydrogen (secondary N) is 1. The fraction of sp³-hybridized carbons (Fsp3) is 0.737. The van der Waals surface area contributed by atoms with E-state index in [2.05, 4.69) is 52.8 Å². The van der Waals surface area contributed by atoms with Crippen LogP contribution in [0.2, 0.25) is 0 Å². The van der Waals surface area contributed by atoms with Crippen molar-refractivity contribution in [1.82, 2.24) is 25.1 Å². The number of carbonyl (C=O) groups excluding carboxylic acids is 1. The van der Waals surface area contributed by atoms with Crippen LogP contribution in [0.5, 0.6) is 0 Å². The van der Waals surface area contributed by atoms with Crippen molar-refractivity contribution in [1.29, 1.82) is 0 Å². The molecule has 0 saturated carbocycles. The highest BCUT2D eigenvalue weighted by molar-refractivity contribution is 5.74. The Kier molecular flexibility index (Phi) is 8.09. The lowest BCUT2D eigenvalue weighted by Crippen LogP contribution is -2.54. The molecule has 2 amide bonds.